The zero-order valence-corrected chi connectivity index (χ0v) is 5.65. The van der Waals surface area contributed by atoms with Crippen LogP contribution in [0.2, 0.25) is 0 Å². The number of halogens is 6. The SMILES string of the molecule is O=C(OC(F)F)OC(F)(F)C(F)F. The van der Waals surface area contributed by atoms with E-state index >= 15 is 0 Å². The van der Waals surface area contributed by atoms with E-state index in [1.165, 1.54) is 0 Å². The second-order valence-corrected chi connectivity index (χ2v) is 1.59. The predicted molar refractivity (Wildman–Crippen MR) is 24.5 cm³/mol. The van der Waals surface area contributed by atoms with Gasteiger partial charge in [0.15, 0.2) is 0 Å². The molecule has 0 heterocycles. The van der Waals surface area contributed by atoms with Crippen LogP contribution >= 0.6 is 0 Å². The van der Waals surface area contributed by atoms with Crippen molar-refractivity contribution in [3.8, 4) is 0 Å². The summed E-state index contributed by atoms with van der Waals surface area (Å²) in [6.45, 7) is -3.71. The van der Waals surface area contributed by atoms with Gasteiger partial charge in [-0.3, -0.25) is 0 Å². The van der Waals surface area contributed by atoms with Crippen molar-refractivity contribution in [1.29, 1.82) is 0 Å². The van der Waals surface area contributed by atoms with E-state index in [9.17, 15) is 31.1 Å². The number of carbonyl (C=O) groups excluding carboxylic acids is 1. The van der Waals surface area contributed by atoms with Crippen LogP contribution in [0.25, 0.3) is 0 Å². The lowest BCUT2D eigenvalue weighted by Gasteiger charge is -2.14. The van der Waals surface area contributed by atoms with E-state index in [1.54, 1.807) is 0 Å². The molecule has 0 radical (unpaired) electrons. The van der Waals surface area contributed by atoms with E-state index in [2.05, 4.69) is 9.47 Å². The monoisotopic (exact) mass is 212 g/mol. The lowest BCUT2D eigenvalue weighted by Crippen LogP contribution is -2.33. The van der Waals surface area contributed by atoms with Crippen LogP contribution in [-0.2, 0) is 9.47 Å². The summed E-state index contributed by atoms with van der Waals surface area (Å²) in [5.74, 6) is 0. The third-order valence-corrected chi connectivity index (χ3v) is 0.659. The summed E-state index contributed by atoms with van der Waals surface area (Å²) in [6, 6.07) is 0. The molecule has 13 heavy (non-hydrogen) atoms. The Bertz CT molecular complexity index is 181. The molecule has 0 amide bonds. The first-order valence-electron chi connectivity index (χ1n) is 2.59. The van der Waals surface area contributed by atoms with Gasteiger partial charge in [-0.25, -0.2) is 4.79 Å². The molecule has 0 aliphatic carbocycles. The molecule has 3 nitrogen and oxygen atoms in total. The number of alkyl halides is 6. The Balaban J connectivity index is 4.05. The molecule has 0 atom stereocenters. The van der Waals surface area contributed by atoms with E-state index in [-0.39, 0.29) is 0 Å². The van der Waals surface area contributed by atoms with Crippen LogP contribution in [0.4, 0.5) is 31.1 Å². The summed E-state index contributed by atoms with van der Waals surface area (Å²) >= 11 is 0. The first kappa shape index (κ1) is 11.8. The maximum Gasteiger partial charge on any atom is 0.517 e. The van der Waals surface area contributed by atoms with Gasteiger partial charge < -0.3 is 9.47 Å². The van der Waals surface area contributed by atoms with Gasteiger partial charge in [-0.05, 0) is 0 Å². The van der Waals surface area contributed by atoms with Crippen molar-refractivity contribution in [2.24, 2.45) is 0 Å². The van der Waals surface area contributed by atoms with Crippen molar-refractivity contribution in [1.82, 2.24) is 0 Å². The molecule has 0 rings (SSSR count). The minimum absolute atomic E-state index is 2.57. The average Bonchev–Trinajstić information content (AvgIpc) is 1.82. The van der Waals surface area contributed by atoms with Crippen LogP contribution in [-0.4, -0.2) is 25.3 Å². The van der Waals surface area contributed by atoms with E-state index < -0.39 is 25.3 Å². The van der Waals surface area contributed by atoms with Crippen LogP contribution in [0, 0.1) is 0 Å². The highest BCUT2D eigenvalue weighted by Crippen LogP contribution is 2.24. The molecule has 78 valence electrons. The molecule has 0 aromatic heterocycles. The Morgan fingerprint density at radius 2 is 1.62 bits per heavy atom. The number of carbonyl (C=O) groups is 1. The minimum Gasteiger partial charge on any atom is -0.370 e. The summed E-state index contributed by atoms with van der Waals surface area (Å²) < 4.78 is 73.5. The van der Waals surface area contributed by atoms with Gasteiger partial charge in [-0.15, -0.1) is 0 Å². The second-order valence-electron chi connectivity index (χ2n) is 1.59. The molecule has 0 unspecified atom stereocenters. The molecule has 0 aromatic carbocycles. The first-order chi connectivity index (χ1) is 5.75. The standard InChI is InChI=1S/C4H2F6O3/c5-1(6)4(9,10)13-3(11)12-2(7)8/h1-2H. The summed E-state index contributed by atoms with van der Waals surface area (Å²) in [5.41, 5.74) is 0. The number of hydrogen-bond acceptors (Lipinski definition) is 3. The maximum atomic E-state index is 11.7. The van der Waals surface area contributed by atoms with Gasteiger partial charge >= 0.3 is 25.3 Å². The topological polar surface area (TPSA) is 35.5 Å². The number of hydrogen-bond donors (Lipinski definition) is 0. The molecule has 9 heteroatoms. The zero-order valence-electron chi connectivity index (χ0n) is 5.65. The molecule has 0 saturated carbocycles. The molecular weight excluding hydrogens is 210 g/mol. The van der Waals surface area contributed by atoms with E-state index in [0.29, 0.717) is 0 Å². The Morgan fingerprint density at radius 3 is 1.92 bits per heavy atom. The smallest absolute Gasteiger partial charge is 0.370 e. The van der Waals surface area contributed by atoms with Crippen molar-refractivity contribution >= 4 is 6.16 Å². The first-order valence-corrected chi connectivity index (χ1v) is 2.59. The quantitative estimate of drug-likeness (QED) is 0.531. The van der Waals surface area contributed by atoms with Gasteiger partial charge in [0.1, 0.15) is 0 Å². The van der Waals surface area contributed by atoms with Crippen molar-refractivity contribution < 1.29 is 40.6 Å². The van der Waals surface area contributed by atoms with Gasteiger partial charge in [-0.1, -0.05) is 0 Å². The Kier molecular flexibility index (Phi) is 3.82. The second kappa shape index (κ2) is 4.19. The minimum atomic E-state index is -5.13. The van der Waals surface area contributed by atoms with Gasteiger partial charge in [0, 0.05) is 0 Å². The normalized spacial score (nSPS) is 12.0. The highest BCUT2D eigenvalue weighted by atomic mass is 19.3. The van der Waals surface area contributed by atoms with Crippen molar-refractivity contribution in [2.45, 2.75) is 19.1 Å². The van der Waals surface area contributed by atoms with Crippen LogP contribution < -0.4 is 0 Å². The molecule has 0 aliphatic rings. The summed E-state index contributed by atoms with van der Waals surface area (Å²) in [5, 5.41) is 0. The summed E-state index contributed by atoms with van der Waals surface area (Å²) in [6.07, 6.45) is -12.0. The molecule has 0 aromatic rings. The van der Waals surface area contributed by atoms with Crippen molar-refractivity contribution in [2.75, 3.05) is 0 Å². The maximum absolute atomic E-state index is 11.7. The fourth-order valence-electron chi connectivity index (χ4n) is 0.252. The van der Waals surface area contributed by atoms with Crippen LogP contribution in [0.3, 0.4) is 0 Å². The fourth-order valence-corrected chi connectivity index (χ4v) is 0.252. The van der Waals surface area contributed by atoms with E-state index in [4.69, 9.17) is 0 Å². The number of ether oxygens (including phenoxy) is 2. The third-order valence-electron chi connectivity index (χ3n) is 0.659. The average molecular weight is 212 g/mol. The molecule has 0 fully saturated rings. The van der Waals surface area contributed by atoms with Crippen LogP contribution in [0.1, 0.15) is 0 Å². The van der Waals surface area contributed by atoms with E-state index in [1.807, 2.05) is 0 Å². The summed E-state index contributed by atoms with van der Waals surface area (Å²) in [4.78, 5) is 9.84. The van der Waals surface area contributed by atoms with Gasteiger partial charge in [0.2, 0.25) is 0 Å². The van der Waals surface area contributed by atoms with Crippen molar-refractivity contribution in [3.05, 3.63) is 0 Å². The number of rotatable bonds is 3. The summed E-state index contributed by atoms with van der Waals surface area (Å²) in [7, 11) is 0. The largest absolute Gasteiger partial charge is 0.517 e. The van der Waals surface area contributed by atoms with Gasteiger partial charge in [-0.2, -0.15) is 26.3 Å². The molecule has 0 bridgehead atoms. The van der Waals surface area contributed by atoms with Crippen molar-refractivity contribution in [3.63, 3.8) is 0 Å². The molecule has 0 saturated heterocycles. The van der Waals surface area contributed by atoms with Crippen LogP contribution in [0.5, 0.6) is 0 Å². The Morgan fingerprint density at radius 1 is 1.15 bits per heavy atom. The Labute approximate surface area is 67.2 Å². The highest BCUT2D eigenvalue weighted by molar-refractivity contribution is 5.60. The molecular formula is C4H2F6O3. The molecule has 0 N–H and O–H groups in total. The Hall–Kier alpha value is -1.15. The third kappa shape index (κ3) is 4.43. The van der Waals surface area contributed by atoms with Crippen LogP contribution in [0.15, 0.2) is 0 Å². The lowest BCUT2D eigenvalue weighted by molar-refractivity contribution is -0.283. The van der Waals surface area contributed by atoms with Gasteiger partial charge in [0.25, 0.3) is 0 Å². The van der Waals surface area contributed by atoms with E-state index in [0.717, 1.165) is 0 Å². The zero-order chi connectivity index (χ0) is 10.6. The highest BCUT2D eigenvalue weighted by Gasteiger charge is 2.46. The fraction of sp³-hybridized carbons (Fsp3) is 0.750. The van der Waals surface area contributed by atoms with Gasteiger partial charge in [0.05, 0.1) is 0 Å². The molecule has 0 spiro atoms. The molecule has 0 aliphatic heterocycles. The predicted octanol–water partition coefficient (Wildman–Crippen LogP) is 2.22. The lowest BCUT2D eigenvalue weighted by atomic mass is 10.7.